The third kappa shape index (κ3) is 3.66. The van der Waals surface area contributed by atoms with Crippen molar-refractivity contribution in [3.63, 3.8) is 0 Å². The van der Waals surface area contributed by atoms with Crippen molar-refractivity contribution in [3.8, 4) is 0 Å². The van der Waals surface area contributed by atoms with Crippen LogP contribution in [0, 0.1) is 0 Å². The van der Waals surface area contributed by atoms with E-state index in [0.717, 1.165) is 12.1 Å². The quantitative estimate of drug-likeness (QED) is 0.854. The first-order valence-corrected chi connectivity index (χ1v) is 9.41. The maximum absolute atomic E-state index is 11.6. The molecule has 0 aliphatic heterocycles. The normalized spacial score (nSPS) is 15.7. The van der Waals surface area contributed by atoms with Gasteiger partial charge < -0.3 is 9.88 Å². The van der Waals surface area contributed by atoms with Crippen molar-refractivity contribution in [2.75, 3.05) is 11.5 Å². The Bertz CT molecular complexity index is 730. The van der Waals surface area contributed by atoms with Crippen LogP contribution in [-0.4, -0.2) is 30.5 Å². The molecule has 0 amide bonds. The van der Waals surface area contributed by atoms with Crippen LogP contribution >= 0.6 is 0 Å². The van der Waals surface area contributed by atoms with Gasteiger partial charge in [-0.1, -0.05) is 13.0 Å². The molecule has 3 rings (SSSR count). The number of hydrogen-bond acceptors (Lipinski definition) is 3. The van der Waals surface area contributed by atoms with Crippen LogP contribution in [0.3, 0.4) is 0 Å². The SMILES string of the molecule is CCS(=O)(=O)CCn1ccc2cc(CNC3CC3)ccc21. The van der Waals surface area contributed by atoms with Gasteiger partial charge in [-0.15, -0.1) is 0 Å². The largest absolute Gasteiger partial charge is 0.346 e. The zero-order valence-electron chi connectivity index (χ0n) is 12.4. The molecule has 4 nitrogen and oxygen atoms in total. The minimum Gasteiger partial charge on any atom is -0.346 e. The summed E-state index contributed by atoms with van der Waals surface area (Å²) in [5.41, 5.74) is 2.39. The molecule has 1 aliphatic rings. The second kappa shape index (κ2) is 5.81. The molecule has 21 heavy (non-hydrogen) atoms. The fourth-order valence-corrected chi connectivity index (χ4v) is 3.25. The summed E-state index contributed by atoms with van der Waals surface area (Å²) < 4.78 is 25.3. The summed E-state index contributed by atoms with van der Waals surface area (Å²) in [6, 6.07) is 9.19. The average Bonchev–Trinajstić information content (AvgIpc) is 3.22. The number of nitrogens with one attached hydrogen (secondary N) is 1. The molecule has 1 fully saturated rings. The van der Waals surface area contributed by atoms with Crippen LogP contribution in [0.25, 0.3) is 10.9 Å². The van der Waals surface area contributed by atoms with Crippen molar-refractivity contribution in [3.05, 3.63) is 36.0 Å². The van der Waals surface area contributed by atoms with Crippen LogP contribution in [0.5, 0.6) is 0 Å². The molecule has 0 unspecified atom stereocenters. The number of aromatic nitrogens is 1. The molecule has 1 aliphatic carbocycles. The van der Waals surface area contributed by atoms with E-state index in [-0.39, 0.29) is 11.5 Å². The first-order chi connectivity index (χ1) is 10.1. The molecule has 1 aromatic carbocycles. The topological polar surface area (TPSA) is 51.1 Å². The van der Waals surface area contributed by atoms with Gasteiger partial charge in [-0.3, -0.25) is 0 Å². The molecule has 114 valence electrons. The Kier molecular flexibility index (Phi) is 4.04. The molecular formula is C16H22N2O2S. The monoisotopic (exact) mass is 306 g/mol. The van der Waals surface area contributed by atoms with Gasteiger partial charge in [0.05, 0.1) is 5.75 Å². The lowest BCUT2D eigenvalue weighted by Gasteiger charge is -2.07. The summed E-state index contributed by atoms with van der Waals surface area (Å²) in [6.45, 7) is 3.14. The van der Waals surface area contributed by atoms with Crippen molar-refractivity contribution in [1.29, 1.82) is 0 Å². The Morgan fingerprint density at radius 2 is 2.10 bits per heavy atom. The van der Waals surface area contributed by atoms with E-state index in [1.807, 2.05) is 10.8 Å². The lowest BCUT2D eigenvalue weighted by atomic mass is 10.1. The van der Waals surface area contributed by atoms with E-state index in [2.05, 4.69) is 29.6 Å². The van der Waals surface area contributed by atoms with E-state index < -0.39 is 9.84 Å². The highest BCUT2D eigenvalue weighted by atomic mass is 32.2. The van der Waals surface area contributed by atoms with Gasteiger partial charge in [0.15, 0.2) is 9.84 Å². The maximum atomic E-state index is 11.6. The van der Waals surface area contributed by atoms with E-state index >= 15 is 0 Å². The van der Waals surface area contributed by atoms with E-state index in [1.54, 1.807) is 6.92 Å². The lowest BCUT2D eigenvalue weighted by molar-refractivity contribution is 0.591. The van der Waals surface area contributed by atoms with Gasteiger partial charge in [-0.2, -0.15) is 0 Å². The average molecular weight is 306 g/mol. The number of benzene rings is 1. The number of aryl methyl sites for hydroxylation is 1. The van der Waals surface area contributed by atoms with Crippen LogP contribution in [-0.2, 0) is 22.9 Å². The minimum atomic E-state index is -2.91. The van der Waals surface area contributed by atoms with Crippen LogP contribution in [0.4, 0.5) is 0 Å². The third-order valence-corrected chi connectivity index (χ3v) is 5.77. The predicted molar refractivity (Wildman–Crippen MR) is 86.1 cm³/mol. The van der Waals surface area contributed by atoms with Gasteiger partial charge in [0.2, 0.25) is 0 Å². The van der Waals surface area contributed by atoms with Crippen molar-refractivity contribution in [1.82, 2.24) is 9.88 Å². The maximum Gasteiger partial charge on any atom is 0.151 e. The molecule has 5 heteroatoms. The summed E-state index contributed by atoms with van der Waals surface area (Å²) in [5, 5.41) is 4.69. The Morgan fingerprint density at radius 3 is 2.81 bits per heavy atom. The fraction of sp³-hybridized carbons (Fsp3) is 0.500. The van der Waals surface area contributed by atoms with E-state index in [1.165, 1.54) is 23.8 Å². The van der Waals surface area contributed by atoms with E-state index in [4.69, 9.17) is 0 Å². The highest BCUT2D eigenvalue weighted by molar-refractivity contribution is 7.91. The van der Waals surface area contributed by atoms with Gasteiger partial charge in [-0.05, 0) is 42.0 Å². The van der Waals surface area contributed by atoms with E-state index in [9.17, 15) is 8.42 Å². The standard InChI is InChI=1S/C16H22N2O2S/c1-2-21(19,20)10-9-18-8-7-14-11-13(3-6-16(14)18)12-17-15-4-5-15/h3,6-8,11,15,17H,2,4-5,9-10,12H2,1H3. The van der Waals surface area contributed by atoms with Crippen LogP contribution in [0.1, 0.15) is 25.3 Å². The Hall–Kier alpha value is -1.33. The van der Waals surface area contributed by atoms with Gasteiger partial charge in [0.25, 0.3) is 0 Å². The molecule has 0 atom stereocenters. The molecular weight excluding hydrogens is 284 g/mol. The number of nitrogens with zero attached hydrogens (tertiary/aromatic N) is 1. The third-order valence-electron chi connectivity index (χ3n) is 4.09. The number of sulfone groups is 1. The molecule has 0 radical (unpaired) electrons. The highest BCUT2D eigenvalue weighted by Crippen LogP contribution is 2.21. The zero-order valence-corrected chi connectivity index (χ0v) is 13.2. The Balaban J connectivity index is 1.72. The predicted octanol–water partition coefficient (Wildman–Crippen LogP) is 2.33. The second-order valence-electron chi connectivity index (χ2n) is 5.79. The smallest absolute Gasteiger partial charge is 0.151 e. The second-order valence-corrected chi connectivity index (χ2v) is 8.27. The Morgan fingerprint density at radius 1 is 1.29 bits per heavy atom. The number of fused-ring (bicyclic) bond motifs is 1. The van der Waals surface area contributed by atoms with Crippen LogP contribution < -0.4 is 5.32 Å². The van der Waals surface area contributed by atoms with Crippen molar-refractivity contribution < 1.29 is 8.42 Å². The summed E-state index contributed by atoms with van der Waals surface area (Å²) in [5.74, 6) is 0.418. The molecule has 0 saturated heterocycles. The summed E-state index contributed by atoms with van der Waals surface area (Å²) >= 11 is 0. The fourth-order valence-electron chi connectivity index (χ4n) is 2.49. The molecule has 0 spiro atoms. The van der Waals surface area contributed by atoms with Crippen LogP contribution in [0.2, 0.25) is 0 Å². The zero-order chi connectivity index (χ0) is 14.9. The molecule has 1 saturated carbocycles. The van der Waals surface area contributed by atoms with Crippen molar-refractivity contribution >= 4 is 20.7 Å². The summed E-state index contributed by atoms with van der Waals surface area (Å²) in [7, 11) is -2.91. The van der Waals surface area contributed by atoms with Gasteiger partial charge in [-0.25, -0.2) is 8.42 Å². The van der Waals surface area contributed by atoms with Gasteiger partial charge in [0.1, 0.15) is 0 Å². The van der Waals surface area contributed by atoms with E-state index in [0.29, 0.717) is 12.6 Å². The Labute approximate surface area is 126 Å². The van der Waals surface area contributed by atoms with Crippen molar-refractivity contribution in [2.45, 2.75) is 38.9 Å². The molecule has 1 aromatic heterocycles. The molecule has 2 aromatic rings. The summed E-state index contributed by atoms with van der Waals surface area (Å²) in [6.07, 6.45) is 4.57. The molecule has 1 heterocycles. The van der Waals surface area contributed by atoms with Crippen molar-refractivity contribution in [2.24, 2.45) is 0 Å². The van der Waals surface area contributed by atoms with Gasteiger partial charge >= 0.3 is 0 Å². The first-order valence-electron chi connectivity index (χ1n) is 7.59. The summed E-state index contributed by atoms with van der Waals surface area (Å²) in [4.78, 5) is 0. The molecule has 0 bridgehead atoms. The van der Waals surface area contributed by atoms with Gasteiger partial charge in [0, 0.05) is 36.6 Å². The highest BCUT2D eigenvalue weighted by Gasteiger charge is 2.19. The molecule has 1 N–H and O–H groups in total. The number of rotatable bonds is 7. The minimum absolute atomic E-state index is 0.207. The number of hydrogen-bond donors (Lipinski definition) is 1. The lowest BCUT2D eigenvalue weighted by Crippen LogP contribution is -2.15. The first kappa shape index (κ1) is 14.6. The van der Waals surface area contributed by atoms with Crippen LogP contribution in [0.15, 0.2) is 30.5 Å².